The highest BCUT2D eigenvalue weighted by Crippen LogP contribution is 2.41. The van der Waals surface area contributed by atoms with Crippen molar-refractivity contribution in [3.8, 4) is 0 Å². The number of aromatic nitrogens is 8. The lowest BCUT2D eigenvalue weighted by Crippen LogP contribution is -2.31. The number of carbonyl (C=O) groups excluding carboxylic acids is 2. The third kappa shape index (κ3) is 17.0. The molecule has 0 radical (unpaired) electrons. The van der Waals surface area contributed by atoms with Crippen molar-refractivity contribution in [2.75, 3.05) is 84.4 Å². The van der Waals surface area contributed by atoms with Gasteiger partial charge in [-0.15, -0.1) is 0 Å². The first kappa shape index (κ1) is 59.7. The van der Waals surface area contributed by atoms with Gasteiger partial charge in [0, 0.05) is 58.1 Å². The van der Waals surface area contributed by atoms with Gasteiger partial charge in [0.25, 0.3) is 0 Å². The van der Waals surface area contributed by atoms with Crippen LogP contribution >= 0.6 is 49.1 Å². The molecule has 0 aliphatic carbocycles. The Morgan fingerprint density at radius 3 is 1.57 bits per heavy atom. The molecule has 0 amide bonds. The lowest BCUT2D eigenvalue weighted by Gasteiger charge is -2.22. The number of carbonyl (C=O) groups is 2. The maximum Gasteiger partial charge on any atom is 0.303 e. The van der Waals surface area contributed by atoms with E-state index < -0.39 is 50.9 Å². The molecule has 408 valence electrons. The van der Waals surface area contributed by atoms with Crippen molar-refractivity contribution in [2.45, 2.75) is 77.7 Å². The van der Waals surface area contributed by atoms with Crippen LogP contribution in [0, 0.1) is 11.8 Å². The van der Waals surface area contributed by atoms with Crippen molar-refractivity contribution in [2.24, 2.45) is 11.8 Å². The molecular weight excluding hydrogens is 1070 g/mol. The van der Waals surface area contributed by atoms with Gasteiger partial charge >= 0.3 is 11.9 Å². The first-order valence-corrected chi connectivity index (χ1v) is 31.0. The molecule has 0 bridgehead atoms. The summed E-state index contributed by atoms with van der Waals surface area (Å²) in [5.41, 5.74) is 3.31. The van der Waals surface area contributed by atoms with Crippen LogP contribution in [0.25, 0.3) is 22.1 Å². The average Bonchev–Trinajstić information content (AvgIpc) is 4.10. The zero-order chi connectivity index (χ0) is 54.6. The molecule has 2 aliphatic rings. The highest BCUT2D eigenvalue weighted by atomic mass is 35.5. The molecule has 2 fully saturated rings. The Labute approximate surface area is 452 Å². The Bertz CT molecular complexity index is 2930. The summed E-state index contributed by atoms with van der Waals surface area (Å²) in [6, 6.07) is 20.4. The number of esters is 2. The van der Waals surface area contributed by atoms with Crippen molar-refractivity contribution >= 4 is 88.9 Å². The first-order valence-electron chi connectivity index (χ1n) is 24.3. The zero-order valence-electron chi connectivity index (χ0n) is 43.8. The van der Waals surface area contributed by atoms with Crippen LogP contribution in [-0.4, -0.2) is 155 Å². The van der Waals surface area contributed by atoms with E-state index in [1.807, 2.05) is 81.4 Å². The minimum absolute atomic E-state index is 0.0252. The highest BCUT2D eigenvalue weighted by molar-refractivity contribution is 7.62. The lowest BCUT2D eigenvalue weighted by atomic mass is 10.0. The molecule has 8 rings (SSSR count). The molecule has 6 aromatic rings. The monoisotopic (exact) mass is 1130 g/mol. The van der Waals surface area contributed by atoms with Gasteiger partial charge in [0.15, 0.2) is 36.0 Å². The number of nitrogens with one attached hydrogen (secondary N) is 1. The summed E-state index contributed by atoms with van der Waals surface area (Å²) in [4.78, 5) is 42.6. The number of hydrogen-bond acceptors (Lipinski definition) is 18. The van der Waals surface area contributed by atoms with Crippen molar-refractivity contribution in [3.63, 3.8) is 0 Å². The number of hydrogen-bond donors (Lipinski definition) is 1. The maximum absolute atomic E-state index is 12.0. The highest BCUT2D eigenvalue weighted by Gasteiger charge is 2.48. The summed E-state index contributed by atoms with van der Waals surface area (Å²) in [6.07, 6.45) is 0.756. The molecule has 25 heteroatoms. The molecule has 6 heterocycles. The van der Waals surface area contributed by atoms with E-state index in [-0.39, 0.29) is 53.0 Å². The molecule has 0 saturated carbocycles. The zero-order valence-corrected chi connectivity index (χ0v) is 47.9. The summed E-state index contributed by atoms with van der Waals surface area (Å²) < 4.78 is 62.0. The standard InChI is InChI=1S/C25H33ClN5O5P.C17H23Cl2N4O5P.C8H11N/c1-16-20(15-34-11-12-37(4,5)33)36-24(21(16)35-17(2)32)31-23-19(13-27-31)22(28-25(26)29-23)30(3)14-18-9-7-6-8-10-18;1-9-12(8-26-5-6-29(3,4)25)28-16(13(9)27-10(2)24)23-15-11(7-20-23)14(18)21-17(19)22-15;1-9-7-8-5-3-2-4-6-8/h6-10,13,16,20-21,24H,11-12,14-15H2,1-5H3;7,9,12-13,16H,5-6,8H2,1-4H3;2-6,9H,7H2,1H3/t16-,20-,21?,24?;9-,12-,13?,16?;/m11./s1. The minimum atomic E-state index is -2.17. The predicted octanol–water partition coefficient (Wildman–Crippen LogP) is 8.86. The largest absolute Gasteiger partial charge is 0.457 e. The maximum atomic E-state index is 12.0. The Morgan fingerprint density at radius 2 is 1.12 bits per heavy atom. The van der Waals surface area contributed by atoms with E-state index in [0.29, 0.717) is 60.0 Å². The third-order valence-corrected chi connectivity index (χ3v) is 15.4. The van der Waals surface area contributed by atoms with Crippen LogP contribution in [0.15, 0.2) is 73.1 Å². The van der Waals surface area contributed by atoms with E-state index >= 15 is 0 Å². The van der Waals surface area contributed by atoms with Gasteiger partial charge in [0.2, 0.25) is 10.6 Å². The lowest BCUT2D eigenvalue weighted by molar-refractivity contribution is -0.154. The number of nitrogens with zero attached hydrogens (tertiary/aromatic N) is 9. The summed E-state index contributed by atoms with van der Waals surface area (Å²) in [7, 11) is -0.444. The van der Waals surface area contributed by atoms with Crippen LogP contribution in [0.3, 0.4) is 0 Å². The third-order valence-electron chi connectivity index (χ3n) is 12.2. The summed E-state index contributed by atoms with van der Waals surface area (Å²) in [5, 5.41) is 13.4. The van der Waals surface area contributed by atoms with Crippen LogP contribution in [0.5, 0.6) is 0 Å². The molecule has 0 spiro atoms. The van der Waals surface area contributed by atoms with Crippen LogP contribution in [0.4, 0.5) is 5.82 Å². The van der Waals surface area contributed by atoms with Gasteiger partial charge in [-0.2, -0.15) is 25.1 Å². The van der Waals surface area contributed by atoms with Crippen LogP contribution in [0.2, 0.25) is 15.7 Å². The van der Waals surface area contributed by atoms with E-state index in [4.69, 9.17) is 63.2 Å². The number of halogens is 3. The Morgan fingerprint density at radius 1 is 0.680 bits per heavy atom. The predicted molar refractivity (Wildman–Crippen MR) is 291 cm³/mol. The molecule has 1 N–H and O–H groups in total. The van der Waals surface area contributed by atoms with E-state index in [0.717, 1.165) is 12.1 Å². The topological polar surface area (TPSA) is 226 Å². The number of fused-ring (bicyclic) bond motifs is 2. The molecule has 2 saturated heterocycles. The Balaban J connectivity index is 0.000000213. The average molecular weight is 1140 g/mol. The van der Waals surface area contributed by atoms with Gasteiger partial charge in [0.05, 0.1) is 76.1 Å². The van der Waals surface area contributed by atoms with Crippen molar-refractivity contribution in [3.05, 3.63) is 99.9 Å². The van der Waals surface area contributed by atoms with Crippen LogP contribution in [-0.2, 0) is 60.2 Å². The second-order valence-corrected chi connectivity index (χ2v) is 27.6. The van der Waals surface area contributed by atoms with Gasteiger partial charge in [-0.05, 0) is 68.0 Å². The van der Waals surface area contributed by atoms with E-state index in [1.165, 1.54) is 30.3 Å². The molecular formula is C50H67Cl3N10O10P2. The second kappa shape index (κ2) is 27.1. The summed E-state index contributed by atoms with van der Waals surface area (Å²) >= 11 is 18.4. The quantitative estimate of drug-likeness (QED) is 0.0263. The smallest absolute Gasteiger partial charge is 0.303 e. The fraction of sp³-hybridized carbons (Fsp3) is 0.520. The van der Waals surface area contributed by atoms with E-state index in [2.05, 4.69) is 47.6 Å². The van der Waals surface area contributed by atoms with E-state index in [1.54, 1.807) is 37.5 Å². The van der Waals surface area contributed by atoms with Gasteiger partial charge in [-0.25, -0.2) is 14.3 Å². The Kier molecular flexibility index (Phi) is 21.6. The molecule has 4 unspecified atom stereocenters. The van der Waals surface area contributed by atoms with Gasteiger partial charge in [0.1, 0.15) is 11.0 Å². The Hall–Kier alpha value is -4.59. The number of anilines is 1. The summed E-state index contributed by atoms with van der Waals surface area (Å²) in [5.74, 6) is -0.579. The molecule has 20 nitrogen and oxygen atoms in total. The molecule has 75 heavy (non-hydrogen) atoms. The van der Waals surface area contributed by atoms with Crippen molar-refractivity contribution in [1.29, 1.82) is 0 Å². The second-order valence-electron chi connectivity index (χ2n) is 19.4. The number of benzene rings is 2. The van der Waals surface area contributed by atoms with Crippen molar-refractivity contribution in [1.82, 2.24) is 44.8 Å². The van der Waals surface area contributed by atoms with Crippen LogP contribution in [0.1, 0.15) is 51.3 Å². The van der Waals surface area contributed by atoms with Gasteiger partial charge in [-0.1, -0.05) is 86.1 Å². The van der Waals surface area contributed by atoms with Crippen LogP contribution < -0.4 is 10.2 Å². The minimum Gasteiger partial charge on any atom is -0.457 e. The number of rotatable bonds is 19. The number of ether oxygens (including phenoxy) is 6. The molecule has 8 atom stereocenters. The summed E-state index contributed by atoms with van der Waals surface area (Å²) in [6.45, 7) is 16.3. The van der Waals surface area contributed by atoms with Gasteiger partial charge in [-0.3, -0.25) is 9.59 Å². The molecule has 2 aliphatic heterocycles. The first-order chi connectivity index (χ1) is 35.5. The normalized spacial score (nSPS) is 21.6. The SMILES string of the molecule is CC(=O)OC1C(n2ncc3c(Cl)nc(Cl)nc32)O[C@H](COCCP(C)(C)=O)[C@H]1C.CC(=O)OC1C(n2ncc3c(N(C)Cc4ccccc4)nc(Cl)nc32)O[C@H](COCCP(C)(C)=O)[C@H]1C.CNCc1ccccc1. The van der Waals surface area contributed by atoms with E-state index in [9.17, 15) is 18.7 Å². The fourth-order valence-corrected chi connectivity index (χ4v) is 10.0. The molecule has 2 aromatic carbocycles. The van der Waals surface area contributed by atoms with Gasteiger partial charge < -0.3 is 47.8 Å². The van der Waals surface area contributed by atoms with Crippen molar-refractivity contribution < 1.29 is 47.1 Å². The fourth-order valence-electron chi connectivity index (χ4n) is 8.31. The molecule has 4 aromatic heterocycles.